The third kappa shape index (κ3) is 4.32. The van der Waals surface area contributed by atoms with Gasteiger partial charge in [-0.25, -0.2) is 0 Å². The van der Waals surface area contributed by atoms with E-state index in [2.05, 4.69) is 15.9 Å². The highest BCUT2D eigenvalue weighted by Crippen LogP contribution is 2.31. The highest BCUT2D eigenvalue weighted by atomic mass is 79.9. The molecule has 1 rings (SSSR count). The molecule has 0 aromatic carbocycles. The number of aliphatic hydroxyl groups excluding tert-OH is 1. The molecule has 0 aliphatic rings. The topological polar surface area (TPSA) is 57.5 Å². The van der Waals surface area contributed by atoms with Crippen molar-refractivity contribution in [2.24, 2.45) is 0 Å². The van der Waals surface area contributed by atoms with Crippen molar-refractivity contribution in [1.82, 2.24) is 0 Å². The van der Waals surface area contributed by atoms with Crippen molar-refractivity contribution < 1.29 is 15.0 Å². The predicted octanol–water partition coefficient (Wildman–Crippen LogP) is 3.19. The Labute approximate surface area is 101 Å². The molecule has 5 heteroatoms. The Morgan fingerprint density at radius 1 is 1.53 bits per heavy atom. The molecule has 0 amide bonds. The summed E-state index contributed by atoms with van der Waals surface area (Å²) >= 11 is 4.86. The van der Waals surface area contributed by atoms with Crippen LogP contribution in [-0.4, -0.2) is 16.2 Å². The predicted molar refractivity (Wildman–Crippen MR) is 63.1 cm³/mol. The summed E-state index contributed by atoms with van der Waals surface area (Å²) in [7, 11) is 0. The van der Waals surface area contributed by atoms with E-state index in [0.717, 1.165) is 15.8 Å². The lowest BCUT2D eigenvalue weighted by molar-refractivity contribution is -0.137. The van der Waals surface area contributed by atoms with E-state index in [9.17, 15) is 9.90 Å². The van der Waals surface area contributed by atoms with Gasteiger partial charge in [0.1, 0.15) is 0 Å². The van der Waals surface area contributed by atoms with Gasteiger partial charge in [-0.3, -0.25) is 4.79 Å². The molecular formula is C10H13BrO3S. The molecule has 1 aromatic heterocycles. The van der Waals surface area contributed by atoms with Crippen LogP contribution in [-0.2, 0) is 4.79 Å². The van der Waals surface area contributed by atoms with Gasteiger partial charge in [-0.1, -0.05) is 0 Å². The monoisotopic (exact) mass is 292 g/mol. The van der Waals surface area contributed by atoms with Crippen molar-refractivity contribution in [2.45, 2.75) is 31.8 Å². The van der Waals surface area contributed by atoms with E-state index >= 15 is 0 Å². The van der Waals surface area contributed by atoms with Crippen LogP contribution in [0.1, 0.15) is 36.7 Å². The first-order valence-corrected chi connectivity index (χ1v) is 6.41. The molecule has 3 nitrogen and oxygen atoms in total. The number of rotatable bonds is 6. The fourth-order valence-corrected chi connectivity index (χ4v) is 2.95. The van der Waals surface area contributed by atoms with Crippen molar-refractivity contribution in [2.75, 3.05) is 0 Å². The third-order valence-electron chi connectivity index (χ3n) is 2.07. The van der Waals surface area contributed by atoms with Crippen molar-refractivity contribution in [3.8, 4) is 0 Å². The van der Waals surface area contributed by atoms with Gasteiger partial charge in [0.15, 0.2) is 0 Å². The number of unbranched alkanes of at least 4 members (excludes halogenated alkanes) is 1. The number of thiophene rings is 1. The van der Waals surface area contributed by atoms with Gasteiger partial charge < -0.3 is 10.2 Å². The minimum absolute atomic E-state index is 0.179. The van der Waals surface area contributed by atoms with Crippen molar-refractivity contribution in [1.29, 1.82) is 0 Å². The van der Waals surface area contributed by atoms with Gasteiger partial charge in [0, 0.05) is 15.8 Å². The maximum atomic E-state index is 10.3. The van der Waals surface area contributed by atoms with Gasteiger partial charge in [-0.2, -0.15) is 0 Å². The van der Waals surface area contributed by atoms with Gasteiger partial charge in [0.25, 0.3) is 0 Å². The maximum absolute atomic E-state index is 10.3. The van der Waals surface area contributed by atoms with Crippen molar-refractivity contribution >= 4 is 33.2 Å². The molecule has 0 aliphatic heterocycles. The first kappa shape index (κ1) is 12.7. The quantitative estimate of drug-likeness (QED) is 0.792. The summed E-state index contributed by atoms with van der Waals surface area (Å²) in [5.74, 6) is -0.776. The van der Waals surface area contributed by atoms with Crippen LogP contribution in [0.2, 0.25) is 0 Å². The van der Waals surface area contributed by atoms with E-state index in [1.165, 1.54) is 11.3 Å². The SMILES string of the molecule is O=C(O)CCCCC(O)c1sccc1Br. The van der Waals surface area contributed by atoms with Crippen LogP contribution in [0.25, 0.3) is 0 Å². The lowest BCUT2D eigenvalue weighted by Crippen LogP contribution is -1.98. The molecule has 2 N–H and O–H groups in total. The van der Waals surface area contributed by atoms with E-state index in [1.807, 2.05) is 11.4 Å². The molecule has 0 saturated heterocycles. The fraction of sp³-hybridized carbons (Fsp3) is 0.500. The molecular weight excluding hydrogens is 280 g/mol. The lowest BCUT2D eigenvalue weighted by atomic mass is 10.1. The third-order valence-corrected chi connectivity index (χ3v) is 4.04. The van der Waals surface area contributed by atoms with Crippen LogP contribution in [0.15, 0.2) is 15.9 Å². The van der Waals surface area contributed by atoms with E-state index in [4.69, 9.17) is 5.11 Å². The fourth-order valence-electron chi connectivity index (χ4n) is 1.29. The average Bonchev–Trinajstić information content (AvgIpc) is 2.58. The number of carboxylic acid groups (broad SMARTS) is 1. The molecule has 15 heavy (non-hydrogen) atoms. The molecule has 0 fully saturated rings. The van der Waals surface area contributed by atoms with Crippen LogP contribution in [0.4, 0.5) is 0 Å². The number of hydrogen-bond acceptors (Lipinski definition) is 3. The molecule has 1 unspecified atom stereocenters. The van der Waals surface area contributed by atoms with Crippen LogP contribution in [0, 0.1) is 0 Å². The summed E-state index contributed by atoms with van der Waals surface area (Å²) in [4.78, 5) is 11.2. The van der Waals surface area contributed by atoms with Crippen LogP contribution in [0.3, 0.4) is 0 Å². The molecule has 0 saturated carbocycles. The zero-order valence-corrected chi connectivity index (χ0v) is 10.6. The molecule has 0 aliphatic carbocycles. The molecule has 0 spiro atoms. The summed E-state index contributed by atoms with van der Waals surface area (Å²) in [6.45, 7) is 0. The first-order chi connectivity index (χ1) is 7.11. The standard InChI is InChI=1S/C10H13BrO3S/c11-7-5-6-15-10(7)8(12)3-1-2-4-9(13)14/h5-6,8,12H,1-4H2,(H,13,14). The zero-order valence-electron chi connectivity index (χ0n) is 8.15. The Morgan fingerprint density at radius 2 is 2.27 bits per heavy atom. The molecule has 1 atom stereocenters. The number of halogens is 1. The number of carbonyl (C=O) groups is 1. The summed E-state index contributed by atoms with van der Waals surface area (Å²) in [6.07, 6.45) is 1.67. The number of aliphatic hydroxyl groups is 1. The van der Waals surface area contributed by atoms with E-state index in [1.54, 1.807) is 0 Å². The zero-order chi connectivity index (χ0) is 11.3. The van der Waals surface area contributed by atoms with Gasteiger partial charge in [-0.15, -0.1) is 11.3 Å². The number of aliphatic carboxylic acids is 1. The number of carboxylic acids is 1. The second-order valence-electron chi connectivity index (χ2n) is 3.29. The van der Waals surface area contributed by atoms with Gasteiger partial charge in [-0.05, 0) is 46.6 Å². The van der Waals surface area contributed by atoms with E-state index in [0.29, 0.717) is 12.8 Å². The largest absolute Gasteiger partial charge is 0.481 e. The molecule has 84 valence electrons. The molecule has 0 bridgehead atoms. The smallest absolute Gasteiger partial charge is 0.303 e. The Balaban J connectivity index is 2.28. The van der Waals surface area contributed by atoms with E-state index in [-0.39, 0.29) is 6.42 Å². The lowest BCUT2D eigenvalue weighted by Gasteiger charge is -2.08. The van der Waals surface area contributed by atoms with Crippen LogP contribution < -0.4 is 0 Å². The highest BCUT2D eigenvalue weighted by Gasteiger charge is 2.12. The van der Waals surface area contributed by atoms with Crippen LogP contribution in [0.5, 0.6) is 0 Å². The second-order valence-corrected chi connectivity index (χ2v) is 5.09. The van der Waals surface area contributed by atoms with Crippen LogP contribution >= 0.6 is 27.3 Å². The molecule has 1 heterocycles. The van der Waals surface area contributed by atoms with E-state index < -0.39 is 12.1 Å². The normalized spacial score (nSPS) is 12.7. The Kier molecular flexibility index (Phi) is 5.28. The van der Waals surface area contributed by atoms with Gasteiger partial charge >= 0.3 is 5.97 Å². The highest BCUT2D eigenvalue weighted by molar-refractivity contribution is 9.10. The minimum atomic E-state index is -0.776. The summed E-state index contributed by atoms with van der Waals surface area (Å²) in [5, 5.41) is 20.1. The Morgan fingerprint density at radius 3 is 2.80 bits per heavy atom. The summed E-state index contributed by atoms with van der Waals surface area (Å²) in [6, 6.07) is 1.90. The van der Waals surface area contributed by atoms with Gasteiger partial charge in [0.2, 0.25) is 0 Å². The summed E-state index contributed by atoms with van der Waals surface area (Å²) in [5.41, 5.74) is 0. The summed E-state index contributed by atoms with van der Waals surface area (Å²) < 4.78 is 0.929. The Hall–Kier alpha value is -0.390. The van der Waals surface area contributed by atoms with Crippen molar-refractivity contribution in [3.05, 3.63) is 20.8 Å². The second kappa shape index (κ2) is 6.25. The minimum Gasteiger partial charge on any atom is -0.481 e. The van der Waals surface area contributed by atoms with Crippen molar-refractivity contribution in [3.63, 3.8) is 0 Å². The molecule has 1 aromatic rings. The maximum Gasteiger partial charge on any atom is 0.303 e. The molecule has 0 radical (unpaired) electrons. The number of hydrogen-bond donors (Lipinski definition) is 2. The first-order valence-electron chi connectivity index (χ1n) is 4.74. The average molecular weight is 293 g/mol. The Bertz CT molecular complexity index is 324. The van der Waals surface area contributed by atoms with Gasteiger partial charge in [0.05, 0.1) is 6.10 Å².